The quantitative estimate of drug-likeness (QED) is 0.669. The highest BCUT2D eigenvalue weighted by atomic mass is 16.1. The standard InChI is InChI=1S/C21H22N4O/c26-21(16-9-6-10-16)23-14-13-22-20-17-11-4-5-12-18(17)24-19(25-20)15-7-2-1-3-8-15/h1-5,7-8,11-12,16H,6,9-10,13-14H2,(H,23,26)(H,22,24,25). The first-order valence-corrected chi connectivity index (χ1v) is 9.15. The van der Waals surface area contributed by atoms with Crippen molar-refractivity contribution in [2.24, 2.45) is 5.92 Å². The summed E-state index contributed by atoms with van der Waals surface area (Å²) >= 11 is 0. The average Bonchev–Trinajstić information content (AvgIpc) is 2.64. The van der Waals surface area contributed by atoms with E-state index in [9.17, 15) is 4.79 Å². The molecule has 0 bridgehead atoms. The molecular weight excluding hydrogens is 324 g/mol. The van der Waals surface area contributed by atoms with Crippen molar-refractivity contribution in [3.63, 3.8) is 0 Å². The largest absolute Gasteiger partial charge is 0.368 e. The molecule has 132 valence electrons. The van der Waals surface area contributed by atoms with Crippen LogP contribution in [0.1, 0.15) is 19.3 Å². The second kappa shape index (κ2) is 7.52. The van der Waals surface area contributed by atoms with E-state index in [0.29, 0.717) is 18.9 Å². The molecule has 0 spiro atoms. The van der Waals surface area contributed by atoms with Crippen LogP contribution in [-0.2, 0) is 4.79 Å². The van der Waals surface area contributed by atoms with Crippen molar-refractivity contribution in [2.45, 2.75) is 19.3 Å². The van der Waals surface area contributed by atoms with E-state index in [4.69, 9.17) is 4.98 Å². The zero-order valence-electron chi connectivity index (χ0n) is 14.6. The number of nitrogens with zero attached hydrogens (tertiary/aromatic N) is 2. The van der Waals surface area contributed by atoms with E-state index < -0.39 is 0 Å². The first-order valence-electron chi connectivity index (χ1n) is 9.15. The molecular formula is C21H22N4O. The van der Waals surface area contributed by atoms with Crippen molar-refractivity contribution in [3.8, 4) is 11.4 Å². The number of anilines is 1. The summed E-state index contributed by atoms with van der Waals surface area (Å²) in [6.07, 6.45) is 3.22. The Kier molecular flexibility index (Phi) is 4.78. The van der Waals surface area contributed by atoms with Crippen LogP contribution in [0.3, 0.4) is 0 Å². The van der Waals surface area contributed by atoms with Gasteiger partial charge < -0.3 is 10.6 Å². The second-order valence-electron chi connectivity index (χ2n) is 6.62. The predicted octanol–water partition coefficient (Wildman–Crippen LogP) is 3.63. The van der Waals surface area contributed by atoms with E-state index in [1.807, 2.05) is 54.6 Å². The van der Waals surface area contributed by atoms with E-state index in [-0.39, 0.29) is 11.8 Å². The summed E-state index contributed by atoms with van der Waals surface area (Å²) in [5.41, 5.74) is 1.89. The van der Waals surface area contributed by atoms with Crippen LogP contribution < -0.4 is 10.6 Å². The molecule has 0 atom stereocenters. The van der Waals surface area contributed by atoms with Gasteiger partial charge in [-0.2, -0.15) is 0 Å². The highest BCUT2D eigenvalue weighted by Gasteiger charge is 2.24. The highest BCUT2D eigenvalue weighted by molar-refractivity contribution is 5.90. The summed E-state index contributed by atoms with van der Waals surface area (Å²) in [5.74, 6) is 1.90. The topological polar surface area (TPSA) is 66.9 Å². The number of benzene rings is 2. The Hall–Kier alpha value is -2.95. The van der Waals surface area contributed by atoms with Crippen molar-refractivity contribution < 1.29 is 4.79 Å². The third kappa shape index (κ3) is 3.52. The van der Waals surface area contributed by atoms with Crippen molar-refractivity contribution in [1.82, 2.24) is 15.3 Å². The lowest BCUT2D eigenvalue weighted by Crippen LogP contribution is -2.36. The van der Waals surface area contributed by atoms with E-state index in [2.05, 4.69) is 15.6 Å². The smallest absolute Gasteiger partial charge is 0.223 e. The van der Waals surface area contributed by atoms with Crippen molar-refractivity contribution in [1.29, 1.82) is 0 Å². The van der Waals surface area contributed by atoms with Crippen LogP contribution in [0.2, 0.25) is 0 Å². The number of carbonyl (C=O) groups is 1. The third-order valence-electron chi connectivity index (χ3n) is 4.83. The molecule has 2 aromatic carbocycles. The summed E-state index contributed by atoms with van der Waals surface area (Å²) < 4.78 is 0. The Balaban J connectivity index is 1.50. The Morgan fingerprint density at radius 2 is 1.73 bits per heavy atom. The van der Waals surface area contributed by atoms with Gasteiger partial charge in [0.25, 0.3) is 0 Å². The third-order valence-corrected chi connectivity index (χ3v) is 4.83. The first kappa shape index (κ1) is 16.5. The molecule has 0 aliphatic heterocycles. The SMILES string of the molecule is O=C(NCCNc1nc(-c2ccccc2)nc2ccccc12)C1CCC1. The Labute approximate surface area is 152 Å². The fourth-order valence-electron chi connectivity index (χ4n) is 3.11. The number of amides is 1. The minimum absolute atomic E-state index is 0.176. The van der Waals surface area contributed by atoms with Crippen LogP contribution in [0.25, 0.3) is 22.3 Å². The molecule has 5 heteroatoms. The maximum Gasteiger partial charge on any atom is 0.223 e. The van der Waals surface area contributed by atoms with Gasteiger partial charge in [-0.25, -0.2) is 9.97 Å². The average molecular weight is 346 g/mol. The molecule has 1 amide bonds. The van der Waals surface area contributed by atoms with Gasteiger partial charge in [-0.05, 0) is 25.0 Å². The molecule has 1 fully saturated rings. The maximum atomic E-state index is 11.9. The molecule has 3 aromatic rings. The number of carbonyl (C=O) groups excluding carboxylic acids is 1. The minimum Gasteiger partial charge on any atom is -0.368 e. The van der Waals surface area contributed by atoms with Crippen LogP contribution in [0.4, 0.5) is 5.82 Å². The summed E-state index contributed by atoms with van der Waals surface area (Å²) in [5, 5.41) is 7.35. The number of nitrogens with one attached hydrogen (secondary N) is 2. The van der Waals surface area contributed by atoms with Gasteiger partial charge in [-0.1, -0.05) is 48.9 Å². The van der Waals surface area contributed by atoms with E-state index in [1.165, 1.54) is 6.42 Å². The van der Waals surface area contributed by atoms with Gasteiger partial charge in [0.05, 0.1) is 5.52 Å². The number of hydrogen-bond donors (Lipinski definition) is 2. The molecule has 0 unspecified atom stereocenters. The number of rotatable bonds is 6. The summed E-state index contributed by atoms with van der Waals surface area (Å²) in [6, 6.07) is 17.9. The van der Waals surface area contributed by atoms with Crippen LogP contribution in [-0.4, -0.2) is 29.0 Å². The highest BCUT2D eigenvalue weighted by Crippen LogP contribution is 2.26. The van der Waals surface area contributed by atoms with E-state index >= 15 is 0 Å². The minimum atomic E-state index is 0.176. The molecule has 4 rings (SSSR count). The van der Waals surface area contributed by atoms with Gasteiger partial charge in [0.2, 0.25) is 5.91 Å². The normalized spacial score (nSPS) is 14.0. The van der Waals surface area contributed by atoms with Gasteiger partial charge in [0.15, 0.2) is 5.82 Å². The van der Waals surface area contributed by atoms with Crippen LogP contribution in [0, 0.1) is 5.92 Å². The molecule has 1 aliphatic rings. The summed E-state index contributed by atoms with van der Waals surface area (Å²) in [4.78, 5) is 21.3. The van der Waals surface area contributed by atoms with E-state index in [1.54, 1.807) is 0 Å². The Bertz CT molecular complexity index is 906. The van der Waals surface area contributed by atoms with Gasteiger partial charge in [-0.3, -0.25) is 4.79 Å². The molecule has 1 aliphatic carbocycles. The van der Waals surface area contributed by atoms with Crippen molar-refractivity contribution >= 4 is 22.6 Å². The van der Waals surface area contributed by atoms with Crippen LogP contribution >= 0.6 is 0 Å². The van der Waals surface area contributed by atoms with E-state index in [0.717, 1.165) is 35.1 Å². The Morgan fingerprint density at radius 1 is 0.962 bits per heavy atom. The van der Waals surface area contributed by atoms with Gasteiger partial charge in [-0.15, -0.1) is 0 Å². The molecule has 1 heterocycles. The molecule has 0 saturated heterocycles. The van der Waals surface area contributed by atoms with Gasteiger partial charge >= 0.3 is 0 Å². The lowest BCUT2D eigenvalue weighted by atomic mass is 9.85. The van der Waals surface area contributed by atoms with Crippen molar-refractivity contribution in [3.05, 3.63) is 54.6 Å². The number of aromatic nitrogens is 2. The van der Waals surface area contributed by atoms with Crippen molar-refractivity contribution in [2.75, 3.05) is 18.4 Å². The number of para-hydroxylation sites is 1. The monoisotopic (exact) mass is 346 g/mol. The van der Waals surface area contributed by atoms with Crippen LogP contribution in [0.5, 0.6) is 0 Å². The lowest BCUT2D eigenvalue weighted by Gasteiger charge is -2.24. The molecule has 1 saturated carbocycles. The number of fused-ring (bicyclic) bond motifs is 1. The summed E-state index contributed by atoms with van der Waals surface area (Å²) in [7, 11) is 0. The number of hydrogen-bond acceptors (Lipinski definition) is 4. The molecule has 0 radical (unpaired) electrons. The molecule has 2 N–H and O–H groups in total. The lowest BCUT2D eigenvalue weighted by molar-refractivity contribution is -0.127. The fraction of sp³-hybridized carbons (Fsp3) is 0.286. The second-order valence-corrected chi connectivity index (χ2v) is 6.62. The molecule has 1 aromatic heterocycles. The zero-order valence-corrected chi connectivity index (χ0v) is 14.6. The molecule has 26 heavy (non-hydrogen) atoms. The van der Waals surface area contributed by atoms with Gasteiger partial charge in [0, 0.05) is 30.0 Å². The fourth-order valence-corrected chi connectivity index (χ4v) is 3.11. The van der Waals surface area contributed by atoms with Gasteiger partial charge in [0.1, 0.15) is 5.82 Å². The predicted molar refractivity (Wildman–Crippen MR) is 104 cm³/mol. The zero-order chi connectivity index (χ0) is 17.8. The Morgan fingerprint density at radius 3 is 2.50 bits per heavy atom. The molecule has 5 nitrogen and oxygen atoms in total. The maximum absolute atomic E-state index is 11.9. The van der Waals surface area contributed by atoms with Crippen LogP contribution in [0.15, 0.2) is 54.6 Å². The summed E-state index contributed by atoms with van der Waals surface area (Å²) in [6.45, 7) is 1.22. The first-order chi connectivity index (χ1) is 12.8.